The maximum Gasteiger partial charge on any atom is 0.238 e. The van der Waals surface area contributed by atoms with Crippen molar-refractivity contribution < 1.29 is 13.2 Å². The second kappa shape index (κ2) is 4.58. The Morgan fingerprint density at radius 3 is 2.83 bits per heavy atom. The fourth-order valence-electron chi connectivity index (χ4n) is 1.98. The van der Waals surface area contributed by atoms with Crippen LogP contribution in [-0.2, 0) is 21.2 Å². The number of nitrogens with zero attached hydrogens (tertiary/aromatic N) is 1. The minimum atomic E-state index is -3.27. The molecule has 7 heteroatoms. The second-order valence-corrected chi connectivity index (χ2v) is 6.09. The van der Waals surface area contributed by atoms with Crippen LogP contribution in [0.1, 0.15) is 5.56 Å². The molecule has 0 radical (unpaired) electrons. The molecule has 0 unspecified atom stereocenters. The molecule has 0 fully saturated rings. The fourth-order valence-corrected chi connectivity index (χ4v) is 2.93. The number of sulfonamides is 1. The first-order valence-electron chi connectivity index (χ1n) is 5.52. The number of benzene rings is 1. The molecule has 0 aromatic heterocycles. The van der Waals surface area contributed by atoms with Crippen LogP contribution in [0.2, 0.25) is 0 Å². The van der Waals surface area contributed by atoms with Gasteiger partial charge in [0.25, 0.3) is 0 Å². The number of fused-ring (bicyclic) bond motifs is 1. The molecular weight excluding hydrogens is 254 g/mol. The number of nitrogens with one attached hydrogen (secondary N) is 1. The number of anilines is 2. The Balaban J connectivity index is 2.34. The van der Waals surface area contributed by atoms with Gasteiger partial charge in [0, 0.05) is 12.2 Å². The summed E-state index contributed by atoms with van der Waals surface area (Å²) >= 11 is 0. The summed E-state index contributed by atoms with van der Waals surface area (Å²) in [6.45, 7) is 0.343. The van der Waals surface area contributed by atoms with Gasteiger partial charge in [0.05, 0.1) is 18.5 Å². The van der Waals surface area contributed by atoms with E-state index in [2.05, 4.69) is 5.32 Å². The number of carbonyl (C=O) groups is 1. The van der Waals surface area contributed by atoms with Crippen molar-refractivity contribution in [3.63, 3.8) is 0 Å². The molecule has 1 heterocycles. The topological polar surface area (TPSA) is 92.5 Å². The maximum atomic E-state index is 11.6. The summed E-state index contributed by atoms with van der Waals surface area (Å²) in [6.07, 6.45) is 1.86. The van der Waals surface area contributed by atoms with E-state index < -0.39 is 10.0 Å². The minimum Gasteiger partial charge on any atom is -0.325 e. The largest absolute Gasteiger partial charge is 0.325 e. The van der Waals surface area contributed by atoms with Crippen molar-refractivity contribution in [1.82, 2.24) is 0 Å². The van der Waals surface area contributed by atoms with E-state index in [0.717, 1.165) is 5.56 Å². The van der Waals surface area contributed by atoms with Gasteiger partial charge in [0.1, 0.15) is 0 Å². The van der Waals surface area contributed by atoms with Gasteiger partial charge in [-0.25, -0.2) is 8.42 Å². The predicted octanol–water partition coefficient (Wildman–Crippen LogP) is -0.0941. The number of nitrogens with two attached hydrogens (primary N) is 1. The standard InChI is InChI=1S/C11H15N3O3S/c1-18(16,17)14-5-4-8-2-3-9(6-10(8)14)13-11(15)7-12/h2-3,6H,4-5,7,12H2,1H3,(H,13,15). The lowest BCUT2D eigenvalue weighted by Crippen LogP contribution is -2.27. The van der Waals surface area contributed by atoms with Crippen molar-refractivity contribution in [2.45, 2.75) is 6.42 Å². The lowest BCUT2D eigenvalue weighted by molar-refractivity contribution is -0.114. The van der Waals surface area contributed by atoms with Gasteiger partial charge in [-0.1, -0.05) is 6.07 Å². The van der Waals surface area contributed by atoms with Crippen molar-refractivity contribution >= 4 is 27.3 Å². The lowest BCUT2D eigenvalue weighted by Gasteiger charge is -2.17. The normalized spacial score (nSPS) is 14.4. The Morgan fingerprint density at radius 2 is 2.22 bits per heavy atom. The average Bonchev–Trinajstić information content (AvgIpc) is 2.71. The van der Waals surface area contributed by atoms with Crippen molar-refractivity contribution in [2.75, 3.05) is 29.0 Å². The molecule has 2 rings (SSSR count). The fraction of sp³-hybridized carbons (Fsp3) is 0.364. The molecule has 1 amide bonds. The Morgan fingerprint density at radius 1 is 1.50 bits per heavy atom. The highest BCUT2D eigenvalue weighted by Gasteiger charge is 2.26. The number of hydrogen-bond acceptors (Lipinski definition) is 4. The van der Waals surface area contributed by atoms with Gasteiger partial charge in [0.15, 0.2) is 0 Å². The van der Waals surface area contributed by atoms with Crippen molar-refractivity contribution in [1.29, 1.82) is 0 Å². The van der Waals surface area contributed by atoms with Crippen LogP contribution in [-0.4, -0.2) is 33.7 Å². The SMILES string of the molecule is CS(=O)(=O)N1CCc2ccc(NC(=O)CN)cc21. The van der Waals surface area contributed by atoms with E-state index in [4.69, 9.17) is 5.73 Å². The van der Waals surface area contributed by atoms with Gasteiger partial charge in [-0.3, -0.25) is 9.10 Å². The smallest absolute Gasteiger partial charge is 0.238 e. The van der Waals surface area contributed by atoms with Crippen LogP contribution >= 0.6 is 0 Å². The number of amides is 1. The minimum absolute atomic E-state index is 0.104. The Kier molecular flexibility index (Phi) is 3.27. The van der Waals surface area contributed by atoms with Crippen LogP contribution < -0.4 is 15.4 Å². The van der Waals surface area contributed by atoms with Gasteiger partial charge in [0.2, 0.25) is 15.9 Å². The molecule has 1 aliphatic rings. The first-order chi connectivity index (χ1) is 8.41. The van der Waals surface area contributed by atoms with Crippen molar-refractivity contribution in [2.24, 2.45) is 5.73 Å². The third-order valence-corrected chi connectivity index (χ3v) is 3.99. The first-order valence-corrected chi connectivity index (χ1v) is 7.37. The number of carbonyl (C=O) groups excluding carboxylic acids is 1. The Bertz CT molecular complexity index is 583. The van der Waals surface area contributed by atoms with E-state index in [1.54, 1.807) is 12.1 Å². The number of hydrogen-bond donors (Lipinski definition) is 2. The van der Waals surface area contributed by atoms with Crippen molar-refractivity contribution in [3.8, 4) is 0 Å². The highest BCUT2D eigenvalue weighted by molar-refractivity contribution is 7.92. The summed E-state index contributed by atoms with van der Waals surface area (Å²) in [6, 6.07) is 5.24. The first kappa shape index (κ1) is 12.8. The molecule has 0 spiro atoms. The summed E-state index contributed by atoms with van der Waals surface area (Å²) in [5.41, 5.74) is 7.36. The molecule has 1 aromatic carbocycles. The summed E-state index contributed by atoms with van der Waals surface area (Å²) in [5.74, 6) is -0.307. The van der Waals surface area contributed by atoms with Gasteiger partial charge in [-0.05, 0) is 24.1 Å². The zero-order valence-corrected chi connectivity index (χ0v) is 10.8. The summed E-state index contributed by atoms with van der Waals surface area (Å²) < 4.78 is 24.6. The summed E-state index contributed by atoms with van der Waals surface area (Å²) in [4.78, 5) is 11.2. The third-order valence-electron chi connectivity index (χ3n) is 2.81. The quantitative estimate of drug-likeness (QED) is 0.802. The van der Waals surface area contributed by atoms with Gasteiger partial charge in [-0.2, -0.15) is 0 Å². The zero-order chi connectivity index (χ0) is 13.3. The Hall–Kier alpha value is -1.60. The van der Waals surface area contributed by atoms with Crippen LogP contribution in [0.25, 0.3) is 0 Å². The van der Waals surface area contributed by atoms with E-state index in [1.807, 2.05) is 6.07 Å². The molecule has 0 bridgehead atoms. The second-order valence-electron chi connectivity index (χ2n) is 4.18. The molecule has 3 N–H and O–H groups in total. The van der Waals surface area contributed by atoms with E-state index in [1.165, 1.54) is 10.6 Å². The summed E-state index contributed by atoms with van der Waals surface area (Å²) in [7, 11) is -3.27. The molecular formula is C11H15N3O3S. The molecule has 18 heavy (non-hydrogen) atoms. The van der Waals surface area contributed by atoms with Crippen LogP contribution in [0, 0.1) is 0 Å². The molecule has 0 aliphatic carbocycles. The number of rotatable bonds is 3. The van der Waals surface area contributed by atoms with Crippen LogP contribution in [0.5, 0.6) is 0 Å². The van der Waals surface area contributed by atoms with E-state index >= 15 is 0 Å². The predicted molar refractivity (Wildman–Crippen MR) is 70.0 cm³/mol. The molecule has 0 atom stereocenters. The highest BCUT2D eigenvalue weighted by Crippen LogP contribution is 2.32. The lowest BCUT2D eigenvalue weighted by atomic mass is 10.1. The molecule has 1 aromatic rings. The molecule has 98 valence electrons. The van der Waals surface area contributed by atoms with Gasteiger partial charge >= 0.3 is 0 Å². The van der Waals surface area contributed by atoms with Gasteiger partial charge in [-0.15, -0.1) is 0 Å². The molecule has 0 saturated carbocycles. The highest BCUT2D eigenvalue weighted by atomic mass is 32.2. The molecule has 0 saturated heterocycles. The van der Waals surface area contributed by atoms with Crippen LogP contribution in [0.4, 0.5) is 11.4 Å². The average molecular weight is 269 g/mol. The third kappa shape index (κ3) is 2.46. The molecule has 1 aliphatic heterocycles. The molecule has 6 nitrogen and oxygen atoms in total. The van der Waals surface area contributed by atoms with E-state index in [9.17, 15) is 13.2 Å². The van der Waals surface area contributed by atoms with Crippen LogP contribution in [0.3, 0.4) is 0 Å². The maximum absolute atomic E-state index is 11.6. The van der Waals surface area contributed by atoms with Crippen LogP contribution in [0.15, 0.2) is 18.2 Å². The Labute approximate surface area is 106 Å². The van der Waals surface area contributed by atoms with E-state index in [0.29, 0.717) is 24.3 Å². The monoisotopic (exact) mass is 269 g/mol. The van der Waals surface area contributed by atoms with E-state index in [-0.39, 0.29) is 12.5 Å². The van der Waals surface area contributed by atoms with Crippen molar-refractivity contribution in [3.05, 3.63) is 23.8 Å². The zero-order valence-electron chi connectivity index (χ0n) is 10.0. The van der Waals surface area contributed by atoms with Gasteiger partial charge < -0.3 is 11.1 Å². The summed E-state index contributed by atoms with van der Waals surface area (Å²) in [5, 5.41) is 2.61.